The normalized spacial score (nSPS) is 24.4. The van der Waals surface area contributed by atoms with E-state index in [0.717, 1.165) is 12.8 Å². The first-order valence-electron chi connectivity index (χ1n) is 6.71. The van der Waals surface area contributed by atoms with Crippen LogP contribution in [0.1, 0.15) is 37.2 Å². The summed E-state index contributed by atoms with van der Waals surface area (Å²) in [5.41, 5.74) is 1.26. The standard InChI is InChI=1S/C15H20O3S/c1-19(17,18)10-9-14-11-13(7-8-15(14)16)12-5-3-2-4-6-12/h2-6,13-14H,7-11H2,1H3. The molecule has 104 valence electrons. The molecule has 1 aliphatic carbocycles. The summed E-state index contributed by atoms with van der Waals surface area (Å²) in [5.74, 6) is 0.651. The molecule has 0 aliphatic heterocycles. The van der Waals surface area contributed by atoms with Crippen LogP contribution in [0, 0.1) is 5.92 Å². The van der Waals surface area contributed by atoms with Crippen LogP contribution < -0.4 is 0 Å². The number of carbonyl (C=O) groups excluding carboxylic acids is 1. The topological polar surface area (TPSA) is 51.2 Å². The van der Waals surface area contributed by atoms with Gasteiger partial charge in [0.25, 0.3) is 0 Å². The minimum absolute atomic E-state index is 0.0892. The number of Topliss-reactive ketones (excluding diaryl/α,β-unsaturated/α-hetero) is 1. The summed E-state index contributed by atoms with van der Waals surface area (Å²) in [7, 11) is -2.98. The average Bonchev–Trinajstić information content (AvgIpc) is 2.38. The van der Waals surface area contributed by atoms with Crippen LogP contribution in [0.3, 0.4) is 0 Å². The molecule has 2 atom stereocenters. The molecule has 1 aliphatic rings. The van der Waals surface area contributed by atoms with Crippen LogP contribution in [-0.4, -0.2) is 26.2 Å². The monoisotopic (exact) mass is 280 g/mol. The second kappa shape index (κ2) is 5.87. The maximum absolute atomic E-state index is 11.9. The van der Waals surface area contributed by atoms with E-state index in [9.17, 15) is 13.2 Å². The third-order valence-corrected chi connectivity index (χ3v) is 4.85. The average molecular weight is 280 g/mol. The molecule has 0 amide bonds. The fraction of sp³-hybridized carbons (Fsp3) is 0.533. The van der Waals surface area contributed by atoms with Crippen molar-refractivity contribution in [1.82, 2.24) is 0 Å². The predicted octanol–water partition coefficient (Wildman–Crippen LogP) is 2.57. The highest BCUT2D eigenvalue weighted by Crippen LogP contribution is 2.35. The molecule has 0 aromatic heterocycles. The van der Waals surface area contributed by atoms with Crippen molar-refractivity contribution in [3.8, 4) is 0 Å². The number of ketones is 1. The van der Waals surface area contributed by atoms with E-state index in [4.69, 9.17) is 0 Å². The van der Waals surface area contributed by atoms with E-state index in [1.807, 2.05) is 18.2 Å². The van der Waals surface area contributed by atoms with Gasteiger partial charge in [0, 0.05) is 18.6 Å². The molecule has 1 fully saturated rings. The largest absolute Gasteiger partial charge is 0.299 e. The first-order valence-corrected chi connectivity index (χ1v) is 8.77. The van der Waals surface area contributed by atoms with Crippen molar-refractivity contribution < 1.29 is 13.2 Å². The lowest BCUT2D eigenvalue weighted by Gasteiger charge is -2.28. The van der Waals surface area contributed by atoms with Crippen molar-refractivity contribution in [3.63, 3.8) is 0 Å². The number of rotatable bonds is 4. The summed E-state index contributed by atoms with van der Waals surface area (Å²) in [6.45, 7) is 0. The second-order valence-corrected chi connectivity index (χ2v) is 7.72. The smallest absolute Gasteiger partial charge is 0.147 e. The van der Waals surface area contributed by atoms with Crippen LogP contribution in [-0.2, 0) is 14.6 Å². The quantitative estimate of drug-likeness (QED) is 0.851. The van der Waals surface area contributed by atoms with Gasteiger partial charge >= 0.3 is 0 Å². The highest BCUT2D eigenvalue weighted by atomic mass is 32.2. The van der Waals surface area contributed by atoms with Crippen LogP contribution >= 0.6 is 0 Å². The molecule has 0 heterocycles. The van der Waals surface area contributed by atoms with Gasteiger partial charge in [-0.25, -0.2) is 8.42 Å². The molecule has 3 nitrogen and oxygen atoms in total. The number of benzene rings is 1. The number of carbonyl (C=O) groups is 1. The molecular weight excluding hydrogens is 260 g/mol. The molecule has 1 aromatic rings. The summed E-state index contributed by atoms with van der Waals surface area (Å²) in [4.78, 5) is 11.9. The van der Waals surface area contributed by atoms with E-state index in [1.54, 1.807) is 0 Å². The SMILES string of the molecule is CS(=O)(=O)CCC1CC(c2ccccc2)CCC1=O. The Kier molecular flexibility index (Phi) is 4.40. The van der Waals surface area contributed by atoms with Crippen molar-refractivity contribution in [2.45, 2.75) is 31.6 Å². The minimum atomic E-state index is -2.98. The molecule has 1 saturated carbocycles. The Bertz CT molecular complexity index is 534. The van der Waals surface area contributed by atoms with E-state index in [0.29, 0.717) is 18.8 Å². The lowest BCUT2D eigenvalue weighted by atomic mass is 9.76. The number of sulfone groups is 1. The molecule has 2 unspecified atom stereocenters. The highest BCUT2D eigenvalue weighted by Gasteiger charge is 2.29. The molecule has 0 bridgehead atoms. The van der Waals surface area contributed by atoms with Crippen molar-refractivity contribution in [1.29, 1.82) is 0 Å². The van der Waals surface area contributed by atoms with Crippen molar-refractivity contribution >= 4 is 15.6 Å². The van der Waals surface area contributed by atoms with Crippen LogP contribution in [0.4, 0.5) is 0 Å². The number of hydrogen-bond donors (Lipinski definition) is 0. The van der Waals surface area contributed by atoms with Gasteiger partial charge in [-0.2, -0.15) is 0 Å². The second-order valence-electron chi connectivity index (χ2n) is 5.46. The Morgan fingerprint density at radius 1 is 1.21 bits per heavy atom. The van der Waals surface area contributed by atoms with E-state index in [1.165, 1.54) is 11.8 Å². The molecule has 2 rings (SSSR count). The molecule has 0 radical (unpaired) electrons. The van der Waals surface area contributed by atoms with Gasteiger partial charge in [-0.1, -0.05) is 30.3 Å². The maximum atomic E-state index is 11.9. The zero-order valence-electron chi connectivity index (χ0n) is 11.2. The first kappa shape index (κ1) is 14.3. The van der Waals surface area contributed by atoms with Gasteiger partial charge in [-0.3, -0.25) is 4.79 Å². The number of hydrogen-bond acceptors (Lipinski definition) is 3. The lowest BCUT2D eigenvalue weighted by Crippen LogP contribution is -2.26. The first-order chi connectivity index (χ1) is 8.96. The third-order valence-electron chi connectivity index (χ3n) is 3.87. The molecule has 0 saturated heterocycles. The van der Waals surface area contributed by atoms with Crippen LogP contribution in [0.15, 0.2) is 30.3 Å². The van der Waals surface area contributed by atoms with Gasteiger partial charge in [0.15, 0.2) is 0 Å². The summed E-state index contributed by atoms with van der Waals surface area (Å²) in [6.07, 6.45) is 3.96. The lowest BCUT2D eigenvalue weighted by molar-refractivity contribution is -0.124. The Labute approximate surface area is 114 Å². The van der Waals surface area contributed by atoms with E-state index in [2.05, 4.69) is 12.1 Å². The Hall–Kier alpha value is -1.16. The van der Waals surface area contributed by atoms with Crippen molar-refractivity contribution in [3.05, 3.63) is 35.9 Å². The molecule has 1 aromatic carbocycles. The molecule has 0 N–H and O–H groups in total. The molecule has 19 heavy (non-hydrogen) atoms. The Morgan fingerprint density at radius 2 is 1.89 bits per heavy atom. The summed E-state index contributed by atoms with van der Waals surface area (Å²) in [5, 5.41) is 0. The minimum Gasteiger partial charge on any atom is -0.299 e. The van der Waals surface area contributed by atoms with Gasteiger partial charge in [-0.05, 0) is 30.7 Å². The molecular formula is C15H20O3S. The fourth-order valence-corrected chi connectivity index (χ4v) is 3.49. The van der Waals surface area contributed by atoms with Crippen LogP contribution in [0.5, 0.6) is 0 Å². The van der Waals surface area contributed by atoms with E-state index in [-0.39, 0.29) is 17.5 Å². The van der Waals surface area contributed by atoms with Gasteiger partial charge in [-0.15, -0.1) is 0 Å². The fourth-order valence-electron chi connectivity index (χ4n) is 2.78. The predicted molar refractivity (Wildman–Crippen MR) is 75.9 cm³/mol. The molecule has 4 heteroatoms. The van der Waals surface area contributed by atoms with Gasteiger partial charge < -0.3 is 0 Å². The highest BCUT2D eigenvalue weighted by molar-refractivity contribution is 7.90. The van der Waals surface area contributed by atoms with Gasteiger partial charge in [0.1, 0.15) is 15.6 Å². The summed E-state index contributed by atoms with van der Waals surface area (Å²) >= 11 is 0. The van der Waals surface area contributed by atoms with Crippen molar-refractivity contribution in [2.24, 2.45) is 5.92 Å². The maximum Gasteiger partial charge on any atom is 0.147 e. The third kappa shape index (κ3) is 4.16. The van der Waals surface area contributed by atoms with E-state index >= 15 is 0 Å². The van der Waals surface area contributed by atoms with E-state index < -0.39 is 9.84 Å². The zero-order chi connectivity index (χ0) is 13.9. The molecule has 0 spiro atoms. The van der Waals surface area contributed by atoms with Crippen molar-refractivity contribution in [2.75, 3.05) is 12.0 Å². The Balaban J connectivity index is 2.02. The van der Waals surface area contributed by atoms with Gasteiger partial charge in [0.05, 0.1) is 5.75 Å². The summed E-state index contributed by atoms with van der Waals surface area (Å²) in [6, 6.07) is 10.2. The van der Waals surface area contributed by atoms with Gasteiger partial charge in [0.2, 0.25) is 0 Å². The summed E-state index contributed by atoms with van der Waals surface area (Å²) < 4.78 is 22.4. The van der Waals surface area contributed by atoms with Crippen LogP contribution in [0.2, 0.25) is 0 Å². The Morgan fingerprint density at radius 3 is 2.53 bits per heavy atom. The zero-order valence-corrected chi connectivity index (χ0v) is 12.0. The van der Waals surface area contributed by atoms with Crippen LogP contribution in [0.25, 0.3) is 0 Å².